The van der Waals surface area contributed by atoms with E-state index in [2.05, 4.69) is 62.6 Å². The van der Waals surface area contributed by atoms with Crippen molar-refractivity contribution >= 4 is 43.5 Å². The average Bonchev–Trinajstić information content (AvgIpc) is 2.40. The number of halogens is 3. The monoisotopic (exact) mass is 432 g/mol. The van der Waals surface area contributed by atoms with Gasteiger partial charge in [-0.2, -0.15) is 0 Å². The Bertz CT molecular complexity index is 684. The van der Waals surface area contributed by atoms with E-state index in [4.69, 9.17) is 16.3 Å². The predicted molar refractivity (Wildman–Crippen MR) is 93.1 cm³/mol. The van der Waals surface area contributed by atoms with Gasteiger partial charge >= 0.3 is 0 Å². The third-order valence-electron chi connectivity index (χ3n) is 2.93. The summed E-state index contributed by atoms with van der Waals surface area (Å²) < 4.78 is 6.83. The number of nitrogens with zero attached hydrogens (tertiary/aromatic N) is 2. The maximum atomic E-state index is 6.24. The van der Waals surface area contributed by atoms with Crippen molar-refractivity contribution in [3.63, 3.8) is 0 Å². The van der Waals surface area contributed by atoms with Crippen molar-refractivity contribution in [3.8, 4) is 17.1 Å². The van der Waals surface area contributed by atoms with E-state index < -0.39 is 0 Å². The Balaban J connectivity index is 2.60. The minimum Gasteiger partial charge on any atom is -0.496 e. The highest BCUT2D eigenvalue weighted by Gasteiger charge is 2.23. The third-order valence-corrected chi connectivity index (χ3v) is 4.80. The fourth-order valence-electron chi connectivity index (χ4n) is 1.85. The number of hydrogen-bond acceptors (Lipinski definition) is 3. The smallest absolute Gasteiger partial charge is 0.161 e. The first-order valence-corrected chi connectivity index (χ1v) is 8.28. The molecule has 112 valence electrons. The van der Waals surface area contributed by atoms with Crippen molar-refractivity contribution in [1.82, 2.24) is 9.97 Å². The summed E-state index contributed by atoms with van der Waals surface area (Å²) in [5.74, 6) is 1.36. The van der Waals surface area contributed by atoms with Gasteiger partial charge in [-0.1, -0.05) is 32.4 Å². The number of aromatic nitrogens is 2. The largest absolute Gasteiger partial charge is 0.496 e. The van der Waals surface area contributed by atoms with E-state index in [1.54, 1.807) is 7.11 Å². The number of benzene rings is 1. The summed E-state index contributed by atoms with van der Waals surface area (Å²) in [5, 5.41) is 0.414. The molecule has 0 spiro atoms. The van der Waals surface area contributed by atoms with Gasteiger partial charge < -0.3 is 4.74 Å². The van der Waals surface area contributed by atoms with Crippen LogP contribution >= 0.6 is 43.5 Å². The Morgan fingerprint density at radius 3 is 2.33 bits per heavy atom. The fourth-order valence-corrected chi connectivity index (χ4v) is 3.33. The van der Waals surface area contributed by atoms with Crippen molar-refractivity contribution in [2.24, 2.45) is 0 Å². The number of rotatable bonds is 2. The quantitative estimate of drug-likeness (QED) is 0.575. The summed E-state index contributed by atoms with van der Waals surface area (Å²) in [7, 11) is 1.63. The highest BCUT2D eigenvalue weighted by molar-refractivity contribution is 9.11. The maximum Gasteiger partial charge on any atom is 0.161 e. The van der Waals surface area contributed by atoms with Gasteiger partial charge in [-0.05, 0) is 50.1 Å². The van der Waals surface area contributed by atoms with Gasteiger partial charge in [-0.3, -0.25) is 0 Å². The predicted octanol–water partition coefficient (Wildman–Crippen LogP) is 5.63. The second kappa shape index (κ2) is 6.23. The van der Waals surface area contributed by atoms with Crippen molar-refractivity contribution < 1.29 is 4.74 Å². The molecule has 0 N–H and O–H groups in total. The average molecular weight is 435 g/mol. The zero-order chi connectivity index (χ0) is 15.8. The van der Waals surface area contributed by atoms with Crippen LogP contribution < -0.4 is 4.74 Å². The molecule has 1 aromatic heterocycles. The normalized spacial score (nSPS) is 11.6. The molecular weight excluding hydrogens is 419 g/mol. The molecule has 21 heavy (non-hydrogen) atoms. The molecular formula is C15H15Br2ClN2O. The second-order valence-corrected chi connectivity index (χ2v) is 7.61. The molecule has 0 aliphatic heterocycles. The molecule has 0 saturated heterocycles. The Hall–Kier alpha value is -0.650. The van der Waals surface area contributed by atoms with Gasteiger partial charge in [0.15, 0.2) is 5.82 Å². The second-order valence-electron chi connectivity index (χ2n) is 5.60. The van der Waals surface area contributed by atoms with Crippen LogP contribution in [0.1, 0.15) is 26.5 Å². The topological polar surface area (TPSA) is 35.0 Å². The van der Waals surface area contributed by atoms with E-state index in [0.717, 1.165) is 26.0 Å². The molecule has 0 fully saturated rings. The van der Waals surface area contributed by atoms with Gasteiger partial charge in [0.25, 0.3) is 0 Å². The van der Waals surface area contributed by atoms with Crippen LogP contribution in [0.25, 0.3) is 11.4 Å². The van der Waals surface area contributed by atoms with Crippen LogP contribution in [0.3, 0.4) is 0 Å². The van der Waals surface area contributed by atoms with Crippen molar-refractivity contribution in [2.45, 2.75) is 26.2 Å². The minimum atomic E-state index is -0.135. The Labute approximate surface area is 146 Å². The van der Waals surface area contributed by atoms with Crippen LogP contribution in [0.4, 0.5) is 0 Å². The highest BCUT2D eigenvalue weighted by Crippen LogP contribution is 2.35. The lowest BCUT2D eigenvalue weighted by Crippen LogP contribution is -2.16. The first-order valence-electron chi connectivity index (χ1n) is 6.31. The lowest BCUT2D eigenvalue weighted by atomic mass is 9.92. The van der Waals surface area contributed by atoms with Crippen molar-refractivity contribution in [3.05, 3.63) is 38.0 Å². The molecule has 2 rings (SSSR count). The molecule has 0 aliphatic carbocycles. The van der Waals surface area contributed by atoms with Crippen LogP contribution in [0.15, 0.2) is 27.1 Å². The number of hydrogen-bond donors (Lipinski definition) is 0. The van der Waals surface area contributed by atoms with E-state index in [1.165, 1.54) is 0 Å². The first kappa shape index (κ1) is 16.7. The van der Waals surface area contributed by atoms with E-state index in [9.17, 15) is 0 Å². The van der Waals surface area contributed by atoms with Crippen molar-refractivity contribution in [2.75, 3.05) is 7.11 Å². The van der Waals surface area contributed by atoms with E-state index in [0.29, 0.717) is 11.0 Å². The molecule has 1 aromatic carbocycles. The maximum absolute atomic E-state index is 6.24. The third kappa shape index (κ3) is 3.58. The summed E-state index contributed by atoms with van der Waals surface area (Å²) in [5.41, 5.74) is 1.62. The summed E-state index contributed by atoms with van der Waals surface area (Å²) in [6.07, 6.45) is 0. The van der Waals surface area contributed by atoms with Gasteiger partial charge in [-0.25, -0.2) is 9.97 Å². The molecule has 1 heterocycles. The zero-order valence-electron chi connectivity index (χ0n) is 12.2. The van der Waals surface area contributed by atoms with Gasteiger partial charge in [0.1, 0.15) is 10.9 Å². The fraction of sp³-hybridized carbons (Fsp3) is 0.333. The molecule has 2 aromatic rings. The lowest BCUT2D eigenvalue weighted by molar-refractivity contribution is 0.412. The van der Waals surface area contributed by atoms with Crippen LogP contribution in [-0.2, 0) is 5.41 Å². The van der Waals surface area contributed by atoms with E-state index in [1.807, 2.05) is 18.2 Å². The van der Waals surface area contributed by atoms with Crippen LogP contribution in [0.2, 0.25) is 5.15 Å². The van der Waals surface area contributed by atoms with Crippen LogP contribution in [0.5, 0.6) is 5.75 Å². The van der Waals surface area contributed by atoms with Crippen molar-refractivity contribution in [1.29, 1.82) is 0 Å². The van der Waals surface area contributed by atoms with Gasteiger partial charge in [0, 0.05) is 11.0 Å². The molecule has 0 radical (unpaired) electrons. The molecule has 0 aliphatic rings. The van der Waals surface area contributed by atoms with E-state index in [-0.39, 0.29) is 5.41 Å². The first-order chi connectivity index (χ1) is 9.74. The molecule has 0 saturated carbocycles. The molecule has 6 heteroatoms. The summed E-state index contributed by atoms with van der Waals surface area (Å²) >= 11 is 13.2. The summed E-state index contributed by atoms with van der Waals surface area (Å²) in [6.45, 7) is 6.26. The SMILES string of the molecule is COc1ccc(-c2nc(Cl)c(Br)c(C(C)(C)C)n2)cc1Br. The summed E-state index contributed by atoms with van der Waals surface area (Å²) in [4.78, 5) is 9.03. The lowest BCUT2D eigenvalue weighted by Gasteiger charge is -2.20. The van der Waals surface area contributed by atoms with Gasteiger partial charge in [-0.15, -0.1) is 0 Å². The molecule has 0 unspecified atom stereocenters. The Kier molecular flexibility index (Phi) is 4.96. The Morgan fingerprint density at radius 2 is 1.81 bits per heavy atom. The molecule has 0 bridgehead atoms. The standard InChI is InChI=1S/C15H15Br2ClN2O/c1-15(2,3)12-11(17)13(18)20-14(19-12)8-5-6-10(21-4)9(16)7-8/h5-7H,1-4H3. The number of ether oxygens (including phenoxy) is 1. The molecule has 3 nitrogen and oxygen atoms in total. The van der Waals surface area contributed by atoms with Crippen LogP contribution in [-0.4, -0.2) is 17.1 Å². The van der Waals surface area contributed by atoms with Crippen LogP contribution in [0, 0.1) is 0 Å². The zero-order valence-corrected chi connectivity index (χ0v) is 16.1. The minimum absolute atomic E-state index is 0.135. The summed E-state index contributed by atoms with van der Waals surface area (Å²) in [6, 6.07) is 5.70. The van der Waals surface area contributed by atoms with E-state index >= 15 is 0 Å². The molecule has 0 atom stereocenters. The number of methoxy groups -OCH3 is 1. The molecule has 0 amide bonds. The highest BCUT2D eigenvalue weighted by atomic mass is 79.9. The van der Waals surface area contributed by atoms with Gasteiger partial charge in [0.2, 0.25) is 0 Å². The van der Waals surface area contributed by atoms with Gasteiger partial charge in [0.05, 0.1) is 21.7 Å². The Morgan fingerprint density at radius 1 is 1.14 bits per heavy atom.